The molecule has 0 atom stereocenters. The van der Waals surface area contributed by atoms with E-state index in [0.29, 0.717) is 12.7 Å². The summed E-state index contributed by atoms with van der Waals surface area (Å²) in [6, 6.07) is 0. The van der Waals surface area contributed by atoms with E-state index in [1.807, 2.05) is 0 Å². The lowest BCUT2D eigenvalue weighted by atomic mass is 10.0. The third-order valence-corrected chi connectivity index (χ3v) is 3.69. The van der Waals surface area contributed by atoms with E-state index in [0.717, 1.165) is 30.5 Å². The Hall–Kier alpha value is -1.57. The Kier molecular flexibility index (Phi) is 4.01. The molecule has 1 aliphatic rings. The van der Waals surface area contributed by atoms with Crippen molar-refractivity contribution >= 4 is 5.91 Å². The molecule has 2 N–H and O–H groups in total. The molecule has 1 fully saturated rings. The van der Waals surface area contributed by atoms with E-state index in [-0.39, 0.29) is 5.82 Å². The van der Waals surface area contributed by atoms with Gasteiger partial charge in [0, 0.05) is 6.54 Å². The van der Waals surface area contributed by atoms with Gasteiger partial charge in [-0.1, -0.05) is 0 Å². The minimum atomic E-state index is -4.58. The summed E-state index contributed by atoms with van der Waals surface area (Å²) in [5, 5.41) is 0. The largest absolute Gasteiger partial charge is 0.433 e. The Bertz CT molecular complexity index is 530. The molecule has 0 spiro atoms. The van der Waals surface area contributed by atoms with Crippen molar-refractivity contribution in [1.29, 1.82) is 0 Å². The van der Waals surface area contributed by atoms with Crippen LogP contribution < -0.4 is 5.73 Å². The minimum Gasteiger partial charge on any atom is -0.363 e. The fourth-order valence-corrected chi connectivity index (χ4v) is 2.90. The number of carbonyl (C=O) groups is 1. The summed E-state index contributed by atoms with van der Waals surface area (Å²) in [6.07, 6.45) is -1.83. The number of halogens is 3. The number of nitrogens with two attached hydrogens (primary N) is 1. The van der Waals surface area contributed by atoms with Crippen molar-refractivity contribution in [2.45, 2.75) is 38.4 Å². The van der Waals surface area contributed by atoms with Crippen LogP contribution in [0.1, 0.15) is 43.0 Å². The van der Waals surface area contributed by atoms with Gasteiger partial charge in [-0.25, -0.2) is 4.98 Å². The van der Waals surface area contributed by atoms with Crippen LogP contribution in [0.25, 0.3) is 0 Å². The third-order valence-electron chi connectivity index (χ3n) is 3.69. The molecule has 2 rings (SSSR count). The van der Waals surface area contributed by atoms with Gasteiger partial charge < -0.3 is 15.2 Å². The number of hydrogen-bond donors (Lipinski definition) is 1. The number of nitrogens with zero attached hydrogens (tertiary/aromatic N) is 3. The number of carbonyl (C=O) groups excluding carboxylic acids is 1. The highest BCUT2D eigenvalue weighted by Crippen LogP contribution is 2.34. The first kappa shape index (κ1) is 15.8. The molecule has 0 radical (unpaired) electrons. The fraction of sp³-hybridized carbons (Fsp3) is 0.692. The Morgan fingerprint density at radius 2 is 1.90 bits per heavy atom. The van der Waals surface area contributed by atoms with Gasteiger partial charge in [0.05, 0.1) is 11.7 Å². The maximum atomic E-state index is 13.1. The maximum Gasteiger partial charge on any atom is 0.433 e. The zero-order chi connectivity index (χ0) is 15.8. The minimum absolute atomic E-state index is 0.355. The lowest BCUT2D eigenvalue weighted by Crippen LogP contribution is -2.43. The number of amides is 1. The summed E-state index contributed by atoms with van der Waals surface area (Å²) in [7, 11) is 0. The second-order valence-electron chi connectivity index (χ2n) is 5.96. The summed E-state index contributed by atoms with van der Waals surface area (Å²) in [5.74, 6) is -1.31. The summed E-state index contributed by atoms with van der Waals surface area (Å²) >= 11 is 0. The zero-order valence-corrected chi connectivity index (χ0v) is 12.1. The maximum absolute atomic E-state index is 13.1. The molecule has 1 amide bonds. The summed E-state index contributed by atoms with van der Waals surface area (Å²) in [5.41, 5.74) is 3.29. The standard InChI is InChI=1S/C13H19F3N4O/c1-12(2,8-19-5-3-4-6-19)20-9(13(14,15)16)7-18-11(20)10(17)21/h7H,3-6,8H2,1-2H3,(H2,17,21). The number of hydrogen-bond acceptors (Lipinski definition) is 3. The second kappa shape index (κ2) is 5.32. The highest BCUT2D eigenvalue weighted by atomic mass is 19.4. The van der Waals surface area contributed by atoms with Crippen molar-refractivity contribution in [3.63, 3.8) is 0 Å². The first-order valence-corrected chi connectivity index (χ1v) is 6.80. The van der Waals surface area contributed by atoms with Crippen LogP contribution in [-0.4, -0.2) is 40.0 Å². The van der Waals surface area contributed by atoms with Crippen LogP contribution >= 0.6 is 0 Å². The van der Waals surface area contributed by atoms with Crippen molar-refractivity contribution in [3.8, 4) is 0 Å². The summed E-state index contributed by atoms with van der Waals surface area (Å²) in [4.78, 5) is 17.1. The highest BCUT2D eigenvalue weighted by Gasteiger charge is 2.41. The van der Waals surface area contributed by atoms with E-state index >= 15 is 0 Å². The smallest absolute Gasteiger partial charge is 0.363 e. The molecular formula is C13H19F3N4O. The van der Waals surface area contributed by atoms with Crippen molar-refractivity contribution in [2.24, 2.45) is 5.73 Å². The predicted octanol–water partition coefficient (Wildman–Crippen LogP) is 1.83. The van der Waals surface area contributed by atoms with Crippen molar-refractivity contribution in [3.05, 3.63) is 17.7 Å². The Morgan fingerprint density at radius 1 is 1.33 bits per heavy atom. The van der Waals surface area contributed by atoms with Crippen LogP contribution in [0.5, 0.6) is 0 Å². The molecule has 0 unspecified atom stereocenters. The number of alkyl halides is 3. The van der Waals surface area contributed by atoms with Gasteiger partial charge in [-0.2, -0.15) is 13.2 Å². The first-order valence-electron chi connectivity index (χ1n) is 6.80. The van der Waals surface area contributed by atoms with Crippen LogP contribution in [0.2, 0.25) is 0 Å². The predicted molar refractivity (Wildman–Crippen MR) is 70.7 cm³/mol. The average molecular weight is 304 g/mol. The Labute approximate surface area is 120 Å². The van der Waals surface area contributed by atoms with Gasteiger partial charge in [0.1, 0.15) is 5.69 Å². The SMILES string of the molecule is CC(C)(CN1CCCC1)n1c(C(F)(F)F)cnc1C(N)=O. The van der Waals surface area contributed by atoms with E-state index in [2.05, 4.69) is 9.88 Å². The van der Waals surface area contributed by atoms with Gasteiger partial charge in [0.2, 0.25) is 0 Å². The lowest BCUT2D eigenvalue weighted by Gasteiger charge is -2.34. The van der Waals surface area contributed by atoms with Gasteiger partial charge in [0.25, 0.3) is 5.91 Å². The highest BCUT2D eigenvalue weighted by molar-refractivity contribution is 5.89. The van der Waals surface area contributed by atoms with Crippen LogP contribution in [-0.2, 0) is 11.7 Å². The van der Waals surface area contributed by atoms with Crippen LogP contribution in [0.4, 0.5) is 13.2 Å². The summed E-state index contributed by atoms with van der Waals surface area (Å²) in [6.45, 7) is 5.44. The van der Waals surface area contributed by atoms with E-state index in [4.69, 9.17) is 5.73 Å². The van der Waals surface area contributed by atoms with Crippen molar-refractivity contribution in [1.82, 2.24) is 14.5 Å². The first-order chi connectivity index (χ1) is 9.63. The van der Waals surface area contributed by atoms with Gasteiger partial charge >= 0.3 is 6.18 Å². The molecule has 1 saturated heterocycles. The third kappa shape index (κ3) is 3.20. The monoisotopic (exact) mass is 304 g/mol. The Morgan fingerprint density at radius 3 is 2.38 bits per heavy atom. The number of imidazole rings is 1. The second-order valence-corrected chi connectivity index (χ2v) is 5.96. The molecule has 0 aromatic carbocycles. The van der Waals surface area contributed by atoms with Gasteiger partial charge in [-0.3, -0.25) is 4.79 Å². The molecule has 5 nitrogen and oxygen atoms in total. The number of likely N-dealkylation sites (tertiary alicyclic amines) is 1. The number of primary amides is 1. The molecule has 21 heavy (non-hydrogen) atoms. The molecule has 118 valence electrons. The van der Waals surface area contributed by atoms with E-state index in [9.17, 15) is 18.0 Å². The van der Waals surface area contributed by atoms with Gasteiger partial charge in [0.15, 0.2) is 5.82 Å². The topological polar surface area (TPSA) is 64.2 Å². The Balaban J connectivity index is 2.43. The molecule has 0 aliphatic carbocycles. The van der Waals surface area contributed by atoms with Gasteiger partial charge in [-0.15, -0.1) is 0 Å². The fourth-order valence-electron chi connectivity index (χ4n) is 2.90. The van der Waals surface area contributed by atoms with Gasteiger partial charge in [-0.05, 0) is 39.8 Å². The molecular weight excluding hydrogens is 285 g/mol. The average Bonchev–Trinajstić information content (AvgIpc) is 2.93. The van der Waals surface area contributed by atoms with Crippen molar-refractivity contribution in [2.75, 3.05) is 19.6 Å². The molecule has 1 aromatic rings. The molecule has 8 heteroatoms. The van der Waals surface area contributed by atoms with Crippen LogP contribution in [0, 0.1) is 0 Å². The van der Waals surface area contributed by atoms with E-state index in [1.54, 1.807) is 13.8 Å². The molecule has 2 heterocycles. The lowest BCUT2D eigenvalue weighted by molar-refractivity contribution is -0.145. The zero-order valence-electron chi connectivity index (χ0n) is 12.1. The van der Waals surface area contributed by atoms with E-state index in [1.165, 1.54) is 0 Å². The van der Waals surface area contributed by atoms with Crippen LogP contribution in [0.3, 0.4) is 0 Å². The van der Waals surface area contributed by atoms with Crippen molar-refractivity contribution < 1.29 is 18.0 Å². The van der Waals surface area contributed by atoms with E-state index < -0.39 is 23.3 Å². The molecule has 0 saturated carbocycles. The van der Waals surface area contributed by atoms with Crippen LogP contribution in [0.15, 0.2) is 6.20 Å². The quantitative estimate of drug-likeness (QED) is 0.923. The summed E-state index contributed by atoms with van der Waals surface area (Å²) < 4.78 is 40.4. The number of aromatic nitrogens is 2. The number of rotatable bonds is 4. The molecule has 1 aromatic heterocycles. The molecule has 0 bridgehead atoms. The normalized spacial score (nSPS) is 17.4. The molecule has 1 aliphatic heterocycles.